The van der Waals surface area contributed by atoms with Gasteiger partial charge < -0.3 is 9.64 Å². The van der Waals surface area contributed by atoms with E-state index in [-0.39, 0.29) is 40.9 Å². The van der Waals surface area contributed by atoms with Gasteiger partial charge in [-0.2, -0.15) is 4.99 Å². The molecule has 0 N–H and O–H groups in total. The van der Waals surface area contributed by atoms with Gasteiger partial charge in [-0.3, -0.25) is 4.79 Å². The molecular weight excluding hydrogens is 415 g/mol. The number of carbonyl (C=O) groups excluding carboxylic acids is 1. The molecule has 4 rings (SSSR count). The van der Waals surface area contributed by atoms with Crippen molar-refractivity contribution >= 4 is 38.4 Å². The third-order valence-electron chi connectivity index (χ3n) is 4.90. The van der Waals surface area contributed by atoms with E-state index in [9.17, 15) is 17.6 Å². The summed E-state index contributed by atoms with van der Waals surface area (Å²) in [6.45, 7) is 0. The first-order valence-electron chi connectivity index (χ1n) is 9.01. The normalized spacial score (nSPS) is 23.9. The number of amidine groups is 1. The van der Waals surface area contributed by atoms with E-state index in [1.54, 1.807) is 30.2 Å². The number of aliphatic imine (C=N–C) groups is 1. The Balaban J connectivity index is 1.66. The number of fused-ring (bicyclic) bond motifs is 1. The molecule has 6 nitrogen and oxygen atoms in total. The fourth-order valence-electron chi connectivity index (χ4n) is 3.60. The molecule has 0 spiro atoms. The Morgan fingerprint density at radius 2 is 1.93 bits per heavy atom. The Morgan fingerprint density at radius 3 is 2.66 bits per heavy atom. The van der Waals surface area contributed by atoms with Crippen LogP contribution in [0.25, 0.3) is 0 Å². The molecule has 2 aliphatic heterocycles. The lowest BCUT2D eigenvalue weighted by atomic mass is 10.1. The Kier molecular flexibility index (Phi) is 5.35. The number of thioether (sulfide) groups is 1. The predicted octanol–water partition coefficient (Wildman–Crippen LogP) is 2.68. The molecule has 2 aliphatic rings. The third-order valence-corrected chi connectivity index (χ3v) is 8.11. The molecule has 2 saturated heterocycles. The number of para-hydroxylation sites is 2. The van der Waals surface area contributed by atoms with Crippen LogP contribution < -0.4 is 9.64 Å². The molecule has 0 unspecified atom stereocenters. The largest absolute Gasteiger partial charge is 0.495 e. The number of benzene rings is 2. The summed E-state index contributed by atoms with van der Waals surface area (Å²) in [5, 5.41) is 0.272. The van der Waals surface area contributed by atoms with Crippen molar-refractivity contribution in [2.45, 2.75) is 17.7 Å². The second-order valence-electron chi connectivity index (χ2n) is 6.93. The molecule has 2 atom stereocenters. The van der Waals surface area contributed by atoms with Crippen LogP contribution in [-0.2, 0) is 21.1 Å². The number of carbonyl (C=O) groups is 1. The molecule has 2 heterocycles. The van der Waals surface area contributed by atoms with Crippen LogP contribution in [0.2, 0.25) is 0 Å². The molecule has 0 radical (unpaired) electrons. The van der Waals surface area contributed by atoms with E-state index < -0.39 is 9.84 Å². The van der Waals surface area contributed by atoms with Gasteiger partial charge in [-0.05, 0) is 29.8 Å². The van der Waals surface area contributed by atoms with Crippen LogP contribution in [0.4, 0.5) is 10.1 Å². The number of methoxy groups -OCH3 is 1. The molecule has 29 heavy (non-hydrogen) atoms. The van der Waals surface area contributed by atoms with Crippen molar-refractivity contribution in [3.05, 3.63) is 59.9 Å². The summed E-state index contributed by atoms with van der Waals surface area (Å²) in [5.41, 5.74) is 1.34. The number of hydrogen-bond donors (Lipinski definition) is 0. The number of ether oxygens (including phenoxy) is 1. The lowest BCUT2D eigenvalue weighted by Gasteiger charge is -2.26. The Labute approximate surface area is 172 Å². The van der Waals surface area contributed by atoms with E-state index in [2.05, 4.69) is 4.99 Å². The monoisotopic (exact) mass is 434 g/mol. The molecular formula is C20H19FN2O4S2. The number of nitrogens with zero attached hydrogens (tertiary/aromatic N) is 2. The van der Waals surface area contributed by atoms with E-state index in [0.717, 1.165) is 0 Å². The number of sulfone groups is 1. The molecule has 0 saturated carbocycles. The second-order valence-corrected chi connectivity index (χ2v) is 10.3. The minimum atomic E-state index is -3.15. The maximum atomic E-state index is 13.1. The quantitative estimate of drug-likeness (QED) is 0.737. The lowest BCUT2D eigenvalue weighted by molar-refractivity contribution is -0.117. The average molecular weight is 435 g/mol. The summed E-state index contributed by atoms with van der Waals surface area (Å²) in [6.07, 6.45) is 0.0394. The summed E-state index contributed by atoms with van der Waals surface area (Å²) < 4.78 is 42.8. The van der Waals surface area contributed by atoms with Crippen LogP contribution in [-0.4, -0.2) is 49.4 Å². The fraction of sp³-hybridized carbons (Fsp3) is 0.300. The summed E-state index contributed by atoms with van der Waals surface area (Å²) >= 11 is 1.31. The summed E-state index contributed by atoms with van der Waals surface area (Å²) in [6, 6.07) is 12.7. The number of amides is 1. The highest BCUT2D eigenvalue weighted by molar-refractivity contribution is 8.16. The minimum Gasteiger partial charge on any atom is -0.495 e. The van der Waals surface area contributed by atoms with Crippen LogP contribution in [0.3, 0.4) is 0 Å². The predicted molar refractivity (Wildman–Crippen MR) is 112 cm³/mol. The van der Waals surface area contributed by atoms with Crippen LogP contribution in [0.1, 0.15) is 5.56 Å². The zero-order valence-corrected chi connectivity index (χ0v) is 17.2. The zero-order valence-electron chi connectivity index (χ0n) is 15.6. The summed E-state index contributed by atoms with van der Waals surface area (Å²) in [4.78, 5) is 18.6. The van der Waals surface area contributed by atoms with Gasteiger partial charge in [0.2, 0.25) is 0 Å². The van der Waals surface area contributed by atoms with Crippen molar-refractivity contribution in [2.24, 2.45) is 4.99 Å². The van der Waals surface area contributed by atoms with Gasteiger partial charge >= 0.3 is 0 Å². The average Bonchev–Trinajstić information content (AvgIpc) is 3.14. The van der Waals surface area contributed by atoms with Crippen LogP contribution >= 0.6 is 11.8 Å². The highest BCUT2D eigenvalue weighted by Crippen LogP contribution is 2.43. The van der Waals surface area contributed by atoms with Crippen LogP contribution in [0, 0.1) is 5.82 Å². The minimum absolute atomic E-state index is 0.00783. The number of anilines is 1. The molecule has 0 aliphatic carbocycles. The molecule has 0 bridgehead atoms. The number of halogens is 1. The number of hydrogen-bond acceptors (Lipinski definition) is 5. The molecule has 2 fully saturated rings. The van der Waals surface area contributed by atoms with Gasteiger partial charge in [-0.1, -0.05) is 36.0 Å². The van der Waals surface area contributed by atoms with E-state index in [0.29, 0.717) is 22.2 Å². The Hall–Kier alpha value is -2.39. The zero-order chi connectivity index (χ0) is 20.6. The SMILES string of the molecule is COc1ccccc1N1C(=NC(=O)Cc2ccc(F)cc2)S[C@@H]2CS(=O)(=O)C[C@H]21. The van der Waals surface area contributed by atoms with Crippen molar-refractivity contribution in [2.75, 3.05) is 23.5 Å². The van der Waals surface area contributed by atoms with E-state index >= 15 is 0 Å². The van der Waals surface area contributed by atoms with Gasteiger partial charge in [0, 0.05) is 5.25 Å². The molecule has 0 aromatic heterocycles. The lowest BCUT2D eigenvalue weighted by Crippen LogP contribution is -2.38. The smallest absolute Gasteiger partial charge is 0.252 e. The Morgan fingerprint density at radius 1 is 1.21 bits per heavy atom. The maximum absolute atomic E-state index is 13.1. The molecule has 2 aromatic rings. The van der Waals surface area contributed by atoms with Crippen molar-refractivity contribution < 1.29 is 22.3 Å². The second kappa shape index (κ2) is 7.79. The number of rotatable bonds is 4. The van der Waals surface area contributed by atoms with E-state index in [4.69, 9.17) is 4.74 Å². The third kappa shape index (κ3) is 4.16. The topological polar surface area (TPSA) is 76.0 Å². The fourth-order valence-corrected chi connectivity index (χ4v) is 7.52. The van der Waals surface area contributed by atoms with Crippen molar-refractivity contribution in [1.82, 2.24) is 0 Å². The highest BCUT2D eigenvalue weighted by atomic mass is 32.2. The first-order chi connectivity index (χ1) is 13.9. The molecule has 1 amide bonds. The van der Waals surface area contributed by atoms with Gasteiger partial charge in [0.1, 0.15) is 11.6 Å². The molecule has 152 valence electrons. The van der Waals surface area contributed by atoms with Crippen molar-refractivity contribution in [3.8, 4) is 5.75 Å². The maximum Gasteiger partial charge on any atom is 0.252 e. The molecule has 2 aromatic carbocycles. The van der Waals surface area contributed by atoms with Crippen LogP contribution in [0.15, 0.2) is 53.5 Å². The molecule has 9 heteroatoms. The van der Waals surface area contributed by atoms with Gasteiger partial charge in [0.05, 0.1) is 36.8 Å². The first-order valence-corrected chi connectivity index (χ1v) is 11.7. The van der Waals surface area contributed by atoms with E-state index in [1.165, 1.54) is 23.9 Å². The van der Waals surface area contributed by atoms with Gasteiger partial charge in [-0.15, -0.1) is 0 Å². The standard InChI is InChI=1S/C20H19FN2O4S2/c1-27-17-5-3-2-4-15(17)23-16-11-29(25,26)12-18(16)28-20(23)22-19(24)10-13-6-8-14(21)9-7-13/h2-9,16,18H,10-12H2,1H3/t16-,18-/m1/s1. The van der Waals surface area contributed by atoms with Crippen LogP contribution in [0.5, 0.6) is 5.75 Å². The summed E-state index contributed by atoms with van der Waals surface area (Å²) in [7, 11) is -1.61. The van der Waals surface area contributed by atoms with Gasteiger partial charge in [0.25, 0.3) is 5.91 Å². The van der Waals surface area contributed by atoms with Crippen molar-refractivity contribution in [3.63, 3.8) is 0 Å². The first kappa shape index (κ1) is 19.9. The van der Waals surface area contributed by atoms with Gasteiger partial charge in [0.15, 0.2) is 15.0 Å². The highest BCUT2D eigenvalue weighted by Gasteiger charge is 2.50. The van der Waals surface area contributed by atoms with E-state index in [1.807, 2.05) is 18.2 Å². The summed E-state index contributed by atoms with van der Waals surface area (Å²) in [5.74, 6) is -0.0960. The Bertz CT molecular complexity index is 1070. The van der Waals surface area contributed by atoms with Gasteiger partial charge in [-0.25, -0.2) is 12.8 Å². The van der Waals surface area contributed by atoms with Crippen molar-refractivity contribution in [1.29, 1.82) is 0 Å².